The highest BCUT2D eigenvalue weighted by Gasteiger charge is 2.22. The van der Waals surface area contributed by atoms with Crippen molar-refractivity contribution in [2.45, 2.75) is 32.4 Å². The molecule has 0 spiro atoms. The average Bonchev–Trinajstić information content (AvgIpc) is 2.86. The summed E-state index contributed by atoms with van der Waals surface area (Å²) in [5.74, 6) is 0. The maximum atomic E-state index is 9.88. The molecule has 1 atom stereocenters. The van der Waals surface area contributed by atoms with Gasteiger partial charge in [-0.25, -0.2) is 4.68 Å². The van der Waals surface area contributed by atoms with E-state index >= 15 is 0 Å². The van der Waals surface area contributed by atoms with Gasteiger partial charge in [0.05, 0.1) is 29.2 Å². The van der Waals surface area contributed by atoms with E-state index in [1.54, 1.807) is 18.5 Å². The molecule has 20 heavy (non-hydrogen) atoms. The van der Waals surface area contributed by atoms with Gasteiger partial charge in [-0.2, -0.15) is 0 Å². The monoisotopic (exact) mass is 274 g/mol. The molecule has 5 nitrogen and oxygen atoms in total. The number of benzene rings is 1. The molecular weight excluding hydrogens is 252 g/mol. The third-order valence-electron chi connectivity index (χ3n) is 3.26. The summed E-state index contributed by atoms with van der Waals surface area (Å²) < 4.78 is 1.77. The number of hydrogen-bond donors (Lipinski definition) is 1. The third-order valence-corrected chi connectivity index (χ3v) is 3.26. The lowest BCUT2D eigenvalue weighted by Gasteiger charge is -2.29. The van der Waals surface area contributed by atoms with E-state index in [1.807, 2.05) is 43.6 Å². The fourth-order valence-corrected chi connectivity index (χ4v) is 2.15. The number of para-hydroxylation sites is 1. The van der Waals surface area contributed by atoms with Crippen molar-refractivity contribution >= 4 is 0 Å². The Morgan fingerprint density at radius 2 is 1.95 bits per heavy atom. The summed E-state index contributed by atoms with van der Waals surface area (Å²) in [4.78, 5) is 2.07. The Kier molecular flexibility index (Phi) is 4.20. The van der Waals surface area contributed by atoms with Gasteiger partial charge in [0.2, 0.25) is 0 Å². The van der Waals surface area contributed by atoms with E-state index < -0.39 is 5.60 Å². The second-order valence-electron chi connectivity index (χ2n) is 5.83. The first-order valence-corrected chi connectivity index (χ1v) is 6.77. The Bertz CT molecular complexity index is 545. The maximum Gasteiger partial charge on any atom is 0.1000 e. The molecule has 0 amide bonds. The van der Waals surface area contributed by atoms with E-state index in [0.717, 1.165) is 11.4 Å². The molecule has 0 radical (unpaired) electrons. The molecule has 0 aliphatic rings. The smallest absolute Gasteiger partial charge is 0.1000 e. The molecule has 108 valence electrons. The lowest BCUT2D eigenvalue weighted by molar-refractivity contribution is 0.0328. The van der Waals surface area contributed by atoms with Crippen LogP contribution in [0.25, 0.3) is 5.69 Å². The highest BCUT2D eigenvalue weighted by molar-refractivity contribution is 5.30. The van der Waals surface area contributed by atoms with Gasteiger partial charge in [-0.15, -0.1) is 5.10 Å². The Morgan fingerprint density at radius 3 is 2.55 bits per heavy atom. The molecule has 1 unspecified atom stereocenters. The van der Waals surface area contributed by atoms with Gasteiger partial charge in [0.15, 0.2) is 0 Å². The van der Waals surface area contributed by atoms with Gasteiger partial charge in [0.25, 0.3) is 0 Å². The summed E-state index contributed by atoms with van der Waals surface area (Å²) in [5.41, 5.74) is 1.16. The van der Waals surface area contributed by atoms with Crippen LogP contribution in [0.1, 0.15) is 32.5 Å². The van der Waals surface area contributed by atoms with Crippen molar-refractivity contribution in [3.05, 3.63) is 42.2 Å². The first-order chi connectivity index (χ1) is 9.37. The fraction of sp³-hybridized carbons (Fsp3) is 0.467. The number of nitrogens with zero attached hydrogens (tertiary/aromatic N) is 4. The summed E-state index contributed by atoms with van der Waals surface area (Å²) in [6, 6.07) is 9.99. The maximum absolute atomic E-state index is 9.88. The van der Waals surface area contributed by atoms with Crippen LogP contribution in [0.2, 0.25) is 0 Å². The summed E-state index contributed by atoms with van der Waals surface area (Å²) in [6.45, 7) is 6.24. The summed E-state index contributed by atoms with van der Waals surface area (Å²) in [6.07, 6.45) is 1.93. The molecule has 1 aromatic heterocycles. The van der Waals surface area contributed by atoms with Crippen molar-refractivity contribution in [1.29, 1.82) is 0 Å². The van der Waals surface area contributed by atoms with Crippen molar-refractivity contribution in [3.8, 4) is 5.69 Å². The summed E-state index contributed by atoms with van der Waals surface area (Å²) in [5, 5.41) is 18.3. The van der Waals surface area contributed by atoms with Crippen molar-refractivity contribution in [2.24, 2.45) is 0 Å². The topological polar surface area (TPSA) is 54.2 Å². The van der Waals surface area contributed by atoms with Crippen molar-refractivity contribution < 1.29 is 5.11 Å². The normalized spacial score (nSPS) is 13.7. The molecule has 5 heteroatoms. The summed E-state index contributed by atoms with van der Waals surface area (Å²) >= 11 is 0. The minimum Gasteiger partial charge on any atom is -0.389 e. The van der Waals surface area contributed by atoms with E-state index in [0.29, 0.717) is 6.54 Å². The minimum atomic E-state index is -0.724. The molecule has 0 aliphatic heterocycles. The first kappa shape index (κ1) is 14.7. The first-order valence-electron chi connectivity index (χ1n) is 6.77. The van der Waals surface area contributed by atoms with Gasteiger partial charge >= 0.3 is 0 Å². The third kappa shape index (κ3) is 3.65. The van der Waals surface area contributed by atoms with Crippen molar-refractivity contribution in [2.75, 3.05) is 13.6 Å². The molecule has 0 fully saturated rings. The largest absolute Gasteiger partial charge is 0.389 e. The van der Waals surface area contributed by atoms with E-state index in [2.05, 4.69) is 22.1 Å². The molecular formula is C15H22N4O. The zero-order valence-electron chi connectivity index (χ0n) is 12.5. The van der Waals surface area contributed by atoms with Gasteiger partial charge in [-0.3, -0.25) is 4.90 Å². The number of aliphatic hydroxyl groups is 1. The van der Waals surface area contributed by atoms with Gasteiger partial charge < -0.3 is 5.11 Å². The van der Waals surface area contributed by atoms with Gasteiger partial charge in [0, 0.05) is 6.54 Å². The van der Waals surface area contributed by atoms with Crippen LogP contribution < -0.4 is 0 Å². The van der Waals surface area contributed by atoms with E-state index in [4.69, 9.17) is 0 Å². The van der Waals surface area contributed by atoms with Crippen molar-refractivity contribution in [1.82, 2.24) is 19.9 Å². The molecule has 1 N–H and O–H groups in total. The Hall–Kier alpha value is -1.72. The molecule has 1 aromatic carbocycles. The van der Waals surface area contributed by atoms with E-state index in [-0.39, 0.29) is 6.04 Å². The number of rotatable bonds is 5. The Balaban J connectivity index is 2.12. The van der Waals surface area contributed by atoms with E-state index in [1.165, 1.54) is 0 Å². The fourth-order valence-electron chi connectivity index (χ4n) is 2.15. The lowest BCUT2D eigenvalue weighted by atomic mass is 10.1. The zero-order valence-corrected chi connectivity index (χ0v) is 12.5. The van der Waals surface area contributed by atoms with Gasteiger partial charge in [-0.05, 0) is 40.0 Å². The average molecular weight is 274 g/mol. The van der Waals surface area contributed by atoms with Crippen LogP contribution in [0, 0.1) is 0 Å². The van der Waals surface area contributed by atoms with Crippen molar-refractivity contribution in [3.63, 3.8) is 0 Å². The van der Waals surface area contributed by atoms with Crippen LogP contribution >= 0.6 is 0 Å². The molecule has 0 aliphatic carbocycles. The Morgan fingerprint density at radius 1 is 1.30 bits per heavy atom. The SMILES string of the molecule is CC(c1cn(-c2ccccc2)nn1)N(C)CC(C)(C)O. The number of likely N-dealkylation sites (N-methyl/N-ethyl adjacent to an activating group) is 1. The van der Waals surface area contributed by atoms with Gasteiger partial charge in [-0.1, -0.05) is 23.4 Å². The second kappa shape index (κ2) is 5.73. The molecule has 0 bridgehead atoms. The number of hydrogen-bond acceptors (Lipinski definition) is 4. The second-order valence-corrected chi connectivity index (χ2v) is 5.83. The highest BCUT2D eigenvalue weighted by Crippen LogP contribution is 2.19. The van der Waals surface area contributed by atoms with Crippen LogP contribution in [0.3, 0.4) is 0 Å². The van der Waals surface area contributed by atoms with Crippen LogP contribution in [0.15, 0.2) is 36.5 Å². The molecule has 2 aromatic rings. The standard InChI is InChI=1S/C15H22N4O/c1-12(18(4)11-15(2,3)20)14-10-19(17-16-14)13-8-6-5-7-9-13/h5-10,12,20H,11H2,1-4H3. The Labute approximate surface area is 119 Å². The molecule has 0 saturated heterocycles. The van der Waals surface area contributed by atoms with Crippen LogP contribution in [0.4, 0.5) is 0 Å². The van der Waals surface area contributed by atoms with Crippen LogP contribution in [-0.2, 0) is 0 Å². The van der Waals surface area contributed by atoms with Gasteiger partial charge in [0.1, 0.15) is 0 Å². The quantitative estimate of drug-likeness (QED) is 0.906. The molecule has 1 heterocycles. The van der Waals surface area contributed by atoms with E-state index in [9.17, 15) is 5.11 Å². The predicted octanol–water partition coefficient (Wildman–Crippen LogP) is 2.03. The lowest BCUT2D eigenvalue weighted by Crippen LogP contribution is -2.37. The zero-order chi connectivity index (χ0) is 14.8. The van der Waals surface area contributed by atoms with Crippen LogP contribution in [0.5, 0.6) is 0 Å². The molecule has 2 rings (SSSR count). The number of aromatic nitrogens is 3. The predicted molar refractivity (Wildman–Crippen MR) is 78.7 cm³/mol. The minimum absolute atomic E-state index is 0.0962. The molecule has 0 saturated carbocycles. The highest BCUT2D eigenvalue weighted by atomic mass is 16.3. The summed E-state index contributed by atoms with van der Waals surface area (Å²) in [7, 11) is 1.98. The van der Waals surface area contributed by atoms with Crippen LogP contribution in [-0.4, -0.2) is 44.2 Å².